The van der Waals surface area contributed by atoms with Gasteiger partial charge in [-0.2, -0.15) is 0 Å². The molecule has 1 aromatic carbocycles. The molecule has 0 spiro atoms. The largest absolute Gasteiger partial charge is 0.325 e. The molecule has 6 heteroatoms. The Morgan fingerprint density at radius 2 is 2.15 bits per heavy atom. The van der Waals surface area contributed by atoms with E-state index in [2.05, 4.69) is 15.5 Å². The van der Waals surface area contributed by atoms with Gasteiger partial charge in [-0.1, -0.05) is 19.9 Å². The third-order valence-corrected chi connectivity index (χ3v) is 3.13. The van der Waals surface area contributed by atoms with Crippen molar-refractivity contribution < 1.29 is 4.79 Å². The van der Waals surface area contributed by atoms with E-state index >= 15 is 0 Å². The highest BCUT2D eigenvalue weighted by molar-refractivity contribution is 5.95. The molecule has 1 amide bonds. The second-order valence-electron chi connectivity index (χ2n) is 5.06. The van der Waals surface area contributed by atoms with Gasteiger partial charge in [-0.05, 0) is 31.0 Å². The van der Waals surface area contributed by atoms with E-state index in [1.54, 1.807) is 6.33 Å². The molecule has 0 aliphatic heterocycles. The molecule has 1 heterocycles. The Bertz CT molecular complexity index is 605. The van der Waals surface area contributed by atoms with Crippen LogP contribution in [0.4, 0.5) is 5.69 Å². The van der Waals surface area contributed by atoms with Crippen LogP contribution in [0.5, 0.6) is 0 Å². The molecular formula is C14H19N5O. The zero-order valence-electron chi connectivity index (χ0n) is 11.9. The van der Waals surface area contributed by atoms with Gasteiger partial charge in [0.2, 0.25) is 5.91 Å². The highest BCUT2D eigenvalue weighted by Crippen LogP contribution is 2.16. The average Bonchev–Trinajstić information content (AvgIpc) is 2.84. The van der Waals surface area contributed by atoms with E-state index in [0.717, 1.165) is 11.5 Å². The van der Waals surface area contributed by atoms with Crippen molar-refractivity contribution in [2.45, 2.75) is 26.8 Å². The Hall–Kier alpha value is -2.21. The molecule has 1 atom stereocenters. The van der Waals surface area contributed by atoms with E-state index in [-0.39, 0.29) is 11.8 Å². The molecule has 0 unspecified atom stereocenters. The molecule has 6 nitrogen and oxygen atoms in total. The number of hydrogen-bond acceptors (Lipinski definition) is 4. The van der Waals surface area contributed by atoms with Gasteiger partial charge >= 0.3 is 0 Å². The number of carbonyl (C=O) groups is 1. The van der Waals surface area contributed by atoms with Crippen molar-refractivity contribution in [1.29, 1.82) is 0 Å². The van der Waals surface area contributed by atoms with Gasteiger partial charge < -0.3 is 11.1 Å². The molecule has 1 aromatic heterocycles. The summed E-state index contributed by atoms with van der Waals surface area (Å²) in [6.45, 7) is 5.70. The first-order valence-electron chi connectivity index (χ1n) is 6.52. The van der Waals surface area contributed by atoms with Crippen molar-refractivity contribution in [3.8, 4) is 5.69 Å². The molecule has 0 bridgehead atoms. The molecular weight excluding hydrogens is 254 g/mol. The van der Waals surface area contributed by atoms with Crippen LogP contribution < -0.4 is 11.1 Å². The lowest BCUT2D eigenvalue weighted by Crippen LogP contribution is -2.39. The van der Waals surface area contributed by atoms with E-state index in [1.165, 1.54) is 0 Å². The van der Waals surface area contributed by atoms with Crippen molar-refractivity contribution in [2.24, 2.45) is 11.7 Å². The summed E-state index contributed by atoms with van der Waals surface area (Å²) in [7, 11) is 0. The summed E-state index contributed by atoms with van der Waals surface area (Å²) in [4.78, 5) is 12.0. The van der Waals surface area contributed by atoms with Crippen LogP contribution in [-0.4, -0.2) is 26.7 Å². The number of benzene rings is 1. The zero-order valence-corrected chi connectivity index (χ0v) is 11.9. The maximum absolute atomic E-state index is 12.0. The van der Waals surface area contributed by atoms with Gasteiger partial charge in [-0.15, -0.1) is 10.2 Å². The summed E-state index contributed by atoms with van der Waals surface area (Å²) in [5.74, 6) is 0.697. The van der Waals surface area contributed by atoms with E-state index < -0.39 is 6.04 Å². The Kier molecular flexibility index (Phi) is 4.14. The lowest BCUT2D eigenvalue weighted by atomic mass is 10.0. The first-order valence-corrected chi connectivity index (χ1v) is 6.52. The summed E-state index contributed by atoms with van der Waals surface area (Å²) in [5.41, 5.74) is 7.42. The van der Waals surface area contributed by atoms with Crippen LogP contribution >= 0.6 is 0 Å². The topological polar surface area (TPSA) is 85.8 Å². The average molecular weight is 273 g/mol. The van der Waals surface area contributed by atoms with E-state index in [9.17, 15) is 4.79 Å². The Balaban J connectivity index is 2.19. The van der Waals surface area contributed by atoms with Crippen LogP contribution in [0.1, 0.15) is 19.7 Å². The molecule has 0 fully saturated rings. The van der Waals surface area contributed by atoms with Crippen molar-refractivity contribution >= 4 is 11.6 Å². The molecule has 2 aromatic rings. The molecule has 0 saturated heterocycles. The summed E-state index contributed by atoms with van der Waals surface area (Å²) in [5, 5.41) is 10.6. The number of anilines is 1. The predicted molar refractivity (Wildman–Crippen MR) is 77.5 cm³/mol. The van der Waals surface area contributed by atoms with Gasteiger partial charge in [0, 0.05) is 5.69 Å². The number of hydrogen-bond donors (Lipinski definition) is 2. The normalized spacial score (nSPS) is 12.4. The second-order valence-corrected chi connectivity index (χ2v) is 5.06. The fourth-order valence-corrected chi connectivity index (χ4v) is 1.81. The molecule has 0 aliphatic rings. The fourth-order valence-electron chi connectivity index (χ4n) is 1.81. The number of amides is 1. The molecule has 20 heavy (non-hydrogen) atoms. The lowest BCUT2D eigenvalue weighted by Gasteiger charge is -2.15. The van der Waals surface area contributed by atoms with E-state index in [4.69, 9.17) is 5.73 Å². The minimum absolute atomic E-state index is 0.0956. The number of carbonyl (C=O) groups excluding carboxylic acids is 1. The standard InChI is InChI=1S/C14H19N5O/c1-9(2)13(15)14(20)17-11-5-4-6-12(7-11)19-8-16-18-10(19)3/h4-9,13H,15H2,1-3H3,(H,17,20)/t13-/m0/s1. The third kappa shape index (κ3) is 3.03. The maximum atomic E-state index is 12.0. The number of aryl methyl sites for hydroxylation is 1. The van der Waals surface area contributed by atoms with Crippen LogP contribution in [0.2, 0.25) is 0 Å². The lowest BCUT2D eigenvalue weighted by molar-refractivity contribution is -0.118. The molecule has 0 saturated carbocycles. The molecule has 0 radical (unpaired) electrons. The Morgan fingerprint density at radius 1 is 1.40 bits per heavy atom. The Labute approximate surface area is 118 Å². The summed E-state index contributed by atoms with van der Waals surface area (Å²) in [6.07, 6.45) is 1.64. The zero-order chi connectivity index (χ0) is 14.7. The third-order valence-electron chi connectivity index (χ3n) is 3.13. The van der Waals surface area contributed by atoms with Gasteiger partial charge in [0.05, 0.1) is 11.7 Å². The quantitative estimate of drug-likeness (QED) is 0.884. The van der Waals surface area contributed by atoms with Crippen LogP contribution in [0.25, 0.3) is 5.69 Å². The monoisotopic (exact) mass is 273 g/mol. The van der Waals surface area contributed by atoms with Crippen molar-refractivity contribution in [1.82, 2.24) is 14.8 Å². The minimum atomic E-state index is -0.518. The van der Waals surface area contributed by atoms with Crippen LogP contribution in [0.3, 0.4) is 0 Å². The molecule has 2 rings (SSSR count). The highest BCUT2D eigenvalue weighted by atomic mass is 16.2. The highest BCUT2D eigenvalue weighted by Gasteiger charge is 2.17. The molecule has 106 valence electrons. The second kappa shape index (κ2) is 5.83. The summed E-state index contributed by atoms with van der Waals surface area (Å²) >= 11 is 0. The molecule has 3 N–H and O–H groups in total. The van der Waals surface area contributed by atoms with Crippen LogP contribution in [0.15, 0.2) is 30.6 Å². The number of rotatable bonds is 4. The summed E-state index contributed by atoms with van der Waals surface area (Å²) < 4.78 is 1.85. The van der Waals surface area contributed by atoms with Crippen molar-refractivity contribution in [3.63, 3.8) is 0 Å². The van der Waals surface area contributed by atoms with Crippen molar-refractivity contribution in [2.75, 3.05) is 5.32 Å². The van der Waals surface area contributed by atoms with Gasteiger partial charge in [0.1, 0.15) is 12.2 Å². The van der Waals surface area contributed by atoms with Gasteiger partial charge in [0.15, 0.2) is 0 Å². The van der Waals surface area contributed by atoms with E-state index in [1.807, 2.05) is 49.6 Å². The minimum Gasteiger partial charge on any atom is -0.325 e. The van der Waals surface area contributed by atoms with Gasteiger partial charge in [-0.3, -0.25) is 9.36 Å². The predicted octanol–water partition coefficient (Wildman–Crippen LogP) is 1.50. The number of aromatic nitrogens is 3. The maximum Gasteiger partial charge on any atom is 0.241 e. The number of nitrogens with one attached hydrogen (secondary N) is 1. The first-order chi connectivity index (χ1) is 9.49. The van der Waals surface area contributed by atoms with Crippen LogP contribution in [-0.2, 0) is 4.79 Å². The van der Waals surface area contributed by atoms with Crippen LogP contribution in [0, 0.1) is 12.8 Å². The first kappa shape index (κ1) is 14.2. The number of nitrogens with zero attached hydrogens (tertiary/aromatic N) is 3. The van der Waals surface area contributed by atoms with Gasteiger partial charge in [0.25, 0.3) is 0 Å². The van der Waals surface area contributed by atoms with Crippen molar-refractivity contribution in [3.05, 3.63) is 36.4 Å². The smallest absolute Gasteiger partial charge is 0.241 e. The SMILES string of the molecule is Cc1nncn1-c1cccc(NC(=O)[C@@H](N)C(C)C)c1. The van der Waals surface area contributed by atoms with Gasteiger partial charge in [-0.25, -0.2) is 0 Å². The molecule has 0 aliphatic carbocycles. The Morgan fingerprint density at radius 3 is 2.75 bits per heavy atom. The summed E-state index contributed by atoms with van der Waals surface area (Å²) in [6, 6.07) is 6.96. The number of nitrogens with two attached hydrogens (primary N) is 1. The fraction of sp³-hybridized carbons (Fsp3) is 0.357. The van der Waals surface area contributed by atoms with E-state index in [0.29, 0.717) is 5.69 Å².